The van der Waals surface area contributed by atoms with Crippen LogP contribution >= 0.6 is 12.2 Å². The molecule has 0 aliphatic heterocycles. The number of methoxy groups -OCH3 is 1. The van der Waals surface area contributed by atoms with Gasteiger partial charge in [0.15, 0.2) is 16.6 Å². The van der Waals surface area contributed by atoms with Gasteiger partial charge in [0.05, 0.1) is 25.1 Å². The Balaban J connectivity index is 1.91. The lowest BCUT2D eigenvalue weighted by Crippen LogP contribution is -2.39. The van der Waals surface area contributed by atoms with Crippen molar-refractivity contribution in [2.24, 2.45) is 0 Å². The summed E-state index contributed by atoms with van der Waals surface area (Å²) >= 11 is 5.34. The molecular formula is C19H25N3O4S2. The van der Waals surface area contributed by atoms with Crippen molar-refractivity contribution >= 4 is 38.7 Å². The third-order valence-electron chi connectivity index (χ3n) is 3.90. The quantitative estimate of drug-likeness (QED) is 0.632. The molecule has 0 saturated carbocycles. The van der Waals surface area contributed by atoms with E-state index in [2.05, 4.69) is 10.6 Å². The van der Waals surface area contributed by atoms with Gasteiger partial charge in [-0.3, -0.25) is 4.31 Å². The van der Waals surface area contributed by atoms with E-state index in [1.807, 2.05) is 37.3 Å². The van der Waals surface area contributed by atoms with Crippen molar-refractivity contribution in [1.82, 2.24) is 5.32 Å². The maximum absolute atomic E-state index is 11.7. The van der Waals surface area contributed by atoms with E-state index in [4.69, 9.17) is 21.7 Å². The molecule has 0 saturated heterocycles. The van der Waals surface area contributed by atoms with Crippen LogP contribution in [0.3, 0.4) is 0 Å². The molecule has 2 aromatic rings. The third kappa shape index (κ3) is 6.28. The molecule has 0 unspecified atom stereocenters. The Hall–Kier alpha value is -2.52. The Kier molecular flexibility index (Phi) is 7.47. The number of rotatable bonds is 8. The van der Waals surface area contributed by atoms with Crippen molar-refractivity contribution < 1.29 is 17.9 Å². The van der Waals surface area contributed by atoms with E-state index < -0.39 is 10.0 Å². The van der Waals surface area contributed by atoms with E-state index in [1.54, 1.807) is 25.3 Å². The number of benzene rings is 2. The first-order chi connectivity index (χ1) is 13.2. The molecule has 9 heteroatoms. The molecule has 0 heterocycles. The predicted molar refractivity (Wildman–Crippen MR) is 117 cm³/mol. The van der Waals surface area contributed by atoms with E-state index in [1.165, 1.54) is 11.4 Å². The number of nitrogens with zero attached hydrogens (tertiary/aromatic N) is 1. The minimum absolute atomic E-state index is 0.0632. The number of anilines is 2. The van der Waals surface area contributed by atoms with Crippen molar-refractivity contribution in [3.05, 3.63) is 48.5 Å². The van der Waals surface area contributed by atoms with Crippen LogP contribution in [0.4, 0.5) is 11.4 Å². The number of thiocarbonyl (C=S) groups is 1. The molecular weight excluding hydrogens is 398 g/mol. The van der Waals surface area contributed by atoms with E-state index >= 15 is 0 Å². The van der Waals surface area contributed by atoms with Crippen LogP contribution < -0.4 is 24.4 Å². The van der Waals surface area contributed by atoms with Gasteiger partial charge in [-0.1, -0.05) is 18.2 Å². The van der Waals surface area contributed by atoms with Gasteiger partial charge in [-0.05, 0) is 49.5 Å². The lowest BCUT2D eigenvalue weighted by Gasteiger charge is -2.20. The summed E-state index contributed by atoms with van der Waals surface area (Å²) in [6, 6.07) is 14.4. The Bertz CT molecular complexity index is 919. The zero-order valence-electron chi connectivity index (χ0n) is 16.3. The highest BCUT2D eigenvalue weighted by atomic mass is 32.2. The van der Waals surface area contributed by atoms with Crippen LogP contribution in [-0.4, -0.2) is 46.6 Å². The van der Waals surface area contributed by atoms with Crippen LogP contribution in [-0.2, 0) is 10.0 Å². The summed E-state index contributed by atoms with van der Waals surface area (Å²) in [5.74, 6) is 1.33. The lowest BCUT2D eigenvalue weighted by molar-refractivity contribution is 0.270. The van der Waals surface area contributed by atoms with Gasteiger partial charge in [0.1, 0.15) is 6.61 Å². The summed E-state index contributed by atoms with van der Waals surface area (Å²) in [4.78, 5) is 0. The van der Waals surface area contributed by atoms with E-state index in [9.17, 15) is 8.42 Å². The highest BCUT2D eigenvalue weighted by Crippen LogP contribution is 2.25. The van der Waals surface area contributed by atoms with Crippen molar-refractivity contribution in [2.75, 3.05) is 36.6 Å². The molecule has 7 nitrogen and oxygen atoms in total. The molecule has 0 aliphatic rings. The molecule has 152 valence electrons. The highest BCUT2D eigenvalue weighted by molar-refractivity contribution is 7.92. The molecule has 0 aliphatic carbocycles. The van der Waals surface area contributed by atoms with Gasteiger partial charge in [-0.2, -0.15) is 0 Å². The summed E-state index contributed by atoms with van der Waals surface area (Å²) in [7, 11) is -0.232. The van der Waals surface area contributed by atoms with Crippen molar-refractivity contribution in [1.29, 1.82) is 0 Å². The average Bonchev–Trinajstić information content (AvgIpc) is 2.65. The van der Waals surface area contributed by atoms with Crippen LogP contribution in [0, 0.1) is 0 Å². The van der Waals surface area contributed by atoms with Gasteiger partial charge in [-0.25, -0.2) is 8.42 Å². The minimum Gasteiger partial charge on any atom is -0.493 e. The van der Waals surface area contributed by atoms with Crippen LogP contribution in [0.15, 0.2) is 48.5 Å². The van der Waals surface area contributed by atoms with Crippen molar-refractivity contribution in [2.45, 2.75) is 13.0 Å². The SMILES string of the molecule is COc1ccccc1OC[C@H](C)NC(=S)Nc1cccc(N(C)S(C)(=O)=O)c1. The molecule has 0 bridgehead atoms. The van der Waals surface area contributed by atoms with Crippen LogP contribution in [0.2, 0.25) is 0 Å². The first kappa shape index (κ1) is 21.8. The fourth-order valence-corrected chi connectivity index (χ4v) is 3.17. The zero-order valence-corrected chi connectivity index (χ0v) is 17.9. The number of sulfonamides is 1. The van der Waals surface area contributed by atoms with E-state index in [0.29, 0.717) is 34.6 Å². The average molecular weight is 424 g/mol. The number of nitrogens with one attached hydrogen (secondary N) is 2. The number of para-hydroxylation sites is 2. The highest BCUT2D eigenvalue weighted by Gasteiger charge is 2.13. The van der Waals surface area contributed by atoms with Gasteiger partial charge in [-0.15, -0.1) is 0 Å². The minimum atomic E-state index is -3.33. The predicted octanol–water partition coefficient (Wildman–Crippen LogP) is 2.84. The maximum atomic E-state index is 11.7. The Morgan fingerprint density at radius 2 is 1.86 bits per heavy atom. The Labute approximate surface area is 171 Å². The second kappa shape index (κ2) is 9.61. The fourth-order valence-electron chi connectivity index (χ4n) is 2.36. The largest absolute Gasteiger partial charge is 0.493 e. The summed E-state index contributed by atoms with van der Waals surface area (Å²) in [5.41, 5.74) is 1.23. The number of hydrogen-bond acceptors (Lipinski definition) is 5. The van der Waals surface area contributed by atoms with Gasteiger partial charge >= 0.3 is 0 Å². The second-order valence-electron chi connectivity index (χ2n) is 6.24. The molecule has 2 N–H and O–H groups in total. The van der Waals surface area contributed by atoms with Gasteiger partial charge in [0.25, 0.3) is 0 Å². The lowest BCUT2D eigenvalue weighted by atomic mass is 10.3. The fraction of sp³-hybridized carbons (Fsp3) is 0.316. The molecule has 0 radical (unpaired) electrons. The summed E-state index contributed by atoms with van der Waals surface area (Å²) in [6.45, 7) is 2.33. The maximum Gasteiger partial charge on any atom is 0.231 e. The molecule has 2 aromatic carbocycles. The second-order valence-corrected chi connectivity index (χ2v) is 8.66. The Morgan fingerprint density at radius 3 is 2.50 bits per heavy atom. The smallest absolute Gasteiger partial charge is 0.231 e. The number of ether oxygens (including phenoxy) is 2. The molecule has 28 heavy (non-hydrogen) atoms. The molecule has 2 rings (SSSR count). The van der Waals surface area contributed by atoms with E-state index in [0.717, 1.165) is 6.26 Å². The molecule has 0 fully saturated rings. The molecule has 1 atom stereocenters. The standard InChI is InChI=1S/C19H25N3O4S2/c1-14(13-26-18-11-6-5-10-17(18)25-3)20-19(27)21-15-8-7-9-16(12-15)22(2)28(4,23)24/h5-12,14H,13H2,1-4H3,(H2,20,21,27)/t14-/m0/s1. The molecule has 0 amide bonds. The van der Waals surface area contributed by atoms with Crippen LogP contribution in [0.25, 0.3) is 0 Å². The summed E-state index contributed by atoms with van der Waals surface area (Å²) in [6.07, 6.45) is 1.16. The van der Waals surface area contributed by atoms with Crippen molar-refractivity contribution in [3.8, 4) is 11.5 Å². The van der Waals surface area contributed by atoms with Crippen molar-refractivity contribution in [3.63, 3.8) is 0 Å². The molecule has 0 spiro atoms. The van der Waals surface area contributed by atoms with Gasteiger partial charge < -0.3 is 20.1 Å². The Morgan fingerprint density at radius 1 is 1.18 bits per heavy atom. The third-order valence-corrected chi connectivity index (χ3v) is 5.33. The first-order valence-electron chi connectivity index (χ1n) is 8.58. The topological polar surface area (TPSA) is 79.9 Å². The van der Waals surface area contributed by atoms with Crippen LogP contribution in [0.1, 0.15) is 6.92 Å². The monoisotopic (exact) mass is 423 g/mol. The van der Waals surface area contributed by atoms with Gasteiger partial charge in [0.2, 0.25) is 10.0 Å². The van der Waals surface area contributed by atoms with Gasteiger partial charge in [0, 0.05) is 12.7 Å². The first-order valence-corrected chi connectivity index (χ1v) is 10.8. The summed E-state index contributed by atoms with van der Waals surface area (Å²) in [5, 5.41) is 6.61. The molecule has 0 aromatic heterocycles. The van der Waals surface area contributed by atoms with E-state index in [-0.39, 0.29) is 6.04 Å². The normalized spacial score (nSPS) is 12.0. The zero-order chi connectivity index (χ0) is 20.7. The number of hydrogen-bond donors (Lipinski definition) is 2. The van der Waals surface area contributed by atoms with Crippen LogP contribution in [0.5, 0.6) is 11.5 Å². The summed E-state index contributed by atoms with van der Waals surface area (Å²) < 4.78 is 35.6.